The lowest BCUT2D eigenvalue weighted by Crippen LogP contribution is -2.29. The summed E-state index contributed by atoms with van der Waals surface area (Å²) < 4.78 is 20.5. The van der Waals surface area contributed by atoms with Crippen molar-refractivity contribution in [2.45, 2.75) is 6.04 Å². The molecule has 0 saturated heterocycles. The number of benzene rings is 2. The second-order valence-corrected chi connectivity index (χ2v) is 5.37. The van der Waals surface area contributed by atoms with E-state index in [9.17, 15) is 4.39 Å². The Balaban J connectivity index is 2.11. The lowest BCUT2D eigenvalue weighted by molar-refractivity contribution is 0.462. The minimum Gasteiger partial charge on any atom is -0.459 e. The summed E-state index contributed by atoms with van der Waals surface area (Å²) in [6.45, 7) is 0. The van der Waals surface area contributed by atoms with E-state index in [1.807, 2.05) is 30.3 Å². The van der Waals surface area contributed by atoms with Crippen molar-refractivity contribution in [1.29, 1.82) is 0 Å². The van der Waals surface area contributed by atoms with Gasteiger partial charge < -0.3 is 4.42 Å². The molecule has 2 aromatic carbocycles. The zero-order chi connectivity index (χ0) is 14.1. The Labute approximate surface area is 123 Å². The zero-order valence-electron chi connectivity index (χ0n) is 10.4. The SMILES string of the molecule is NNC(c1cc2ccccc2o1)c1cc(Br)ccc1F. The van der Waals surface area contributed by atoms with Crippen LogP contribution in [0.5, 0.6) is 0 Å². The summed E-state index contributed by atoms with van der Waals surface area (Å²) in [5, 5.41) is 0.957. The van der Waals surface area contributed by atoms with Crippen molar-refractivity contribution in [3.8, 4) is 0 Å². The average Bonchev–Trinajstić information content (AvgIpc) is 2.87. The third-order valence-electron chi connectivity index (χ3n) is 3.16. The molecule has 5 heteroatoms. The maximum absolute atomic E-state index is 14.0. The molecule has 1 unspecified atom stereocenters. The van der Waals surface area contributed by atoms with Crippen LogP contribution in [0.4, 0.5) is 4.39 Å². The normalized spacial score (nSPS) is 12.8. The van der Waals surface area contributed by atoms with Crippen molar-refractivity contribution in [2.24, 2.45) is 5.84 Å². The number of hydrazine groups is 1. The topological polar surface area (TPSA) is 51.2 Å². The smallest absolute Gasteiger partial charge is 0.134 e. The van der Waals surface area contributed by atoms with Gasteiger partial charge in [-0.3, -0.25) is 5.84 Å². The van der Waals surface area contributed by atoms with Gasteiger partial charge in [-0.2, -0.15) is 0 Å². The predicted octanol–water partition coefficient (Wildman–Crippen LogP) is 3.89. The average molecular weight is 335 g/mol. The van der Waals surface area contributed by atoms with Crippen LogP contribution >= 0.6 is 15.9 Å². The highest BCUT2D eigenvalue weighted by Gasteiger charge is 2.20. The van der Waals surface area contributed by atoms with Crippen LogP contribution in [0.25, 0.3) is 11.0 Å². The molecule has 0 radical (unpaired) electrons. The van der Waals surface area contributed by atoms with Crippen molar-refractivity contribution in [3.05, 3.63) is 70.1 Å². The van der Waals surface area contributed by atoms with Gasteiger partial charge in [-0.25, -0.2) is 9.82 Å². The molecule has 0 aliphatic carbocycles. The minimum absolute atomic E-state index is 0.336. The molecule has 20 heavy (non-hydrogen) atoms. The Morgan fingerprint density at radius 3 is 2.70 bits per heavy atom. The number of nitrogens with one attached hydrogen (secondary N) is 1. The number of halogens is 2. The van der Waals surface area contributed by atoms with Crippen LogP contribution in [0.3, 0.4) is 0 Å². The summed E-state index contributed by atoms with van der Waals surface area (Å²) in [4.78, 5) is 0. The molecule has 0 spiro atoms. The number of furan rings is 1. The van der Waals surface area contributed by atoms with Gasteiger partial charge in [-0.15, -0.1) is 0 Å². The third-order valence-corrected chi connectivity index (χ3v) is 3.66. The third kappa shape index (κ3) is 2.35. The van der Waals surface area contributed by atoms with Gasteiger partial charge in [-0.1, -0.05) is 34.1 Å². The molecular formula is C15H12BrFN2O. The number of fused-ring (bicyclic) bond motifs is 1. The second kappa shape index (κ2) is 5.36. The van der Waals surface area contributed by atoms with Gasteiger partial charge in [0.1, 0.15) is 23.2 Å². The molecular weight excluding hydrogens is 323 g/mol. The van der Waals surface area contributed by atoms with Crippen molar-refractivity contribution in [3.63, 3.8) is 0 Å². The largest absolute Gasteiger partial charge is 0.459 e. The number of para-hydroxylation sites is 1. The molecule has 3 rings (SSSR count). The van der Waals surface area contributed by atoms with Crippen LogP contribution in [0.1, 0.15) is 17.4 Å². The Bertz CT molecular complexity index is 723. The van der Waals surface area contributed by atoms with Gasteiger partial charge >= 0.3 is 0 Å². The zero-order valence-corrected chi connectivity index (χ0v) is 12.0. The van der Waals surface area contributed by atoms with Gasteiger partial charge in [0.05, 0.1) is 0 Å². The number of rotatable bonds is 3. The van der Waals surface area contributed by atoms with Crippen LogP contribution in [0.15, 0.2) is 57.4 Å². The molecule has 0 fully saturated rings. The van der Waals surface area contributed by atoms with Crippen molar-refractivity contribution >= 4 is 26.9 Å². The number of hydrogen-bond acceptors (Lipinski definition) is 3. The highest BCUT2D eigenvalue weighted by atomic mass is 79.9. The van der Waals surface area contributed by atoms with E-state index >= 15 is 0 Å². The van der Waals surface area contributed by atoms with Crippen molar-refractivity contribution < 1.29 is 8.81 Å². The summed E-state index contributed by atoms with van der Waals surface area (Å²) in [6.07, 6.45) is 0. The van der Waals surface area contributed by atoms with Crippen LogP contribution in [0.2, 0.25) is 0 Å². The summed E-state index contributed by atoms with van der Waals surface area (Å²) in [6, 6.07) is 13.7. The highest BCUT2D eigenvalue weighted by Crippen LogP contribution is 2.30. The molecule has 1 heterocycles. The predicted molar refractivity (Wildman–Crippen MR) is 79.5 cm³/mol. The molecule has 0 bridgehead atoms. The summed E-state index contributed by atoms with van der Waals surface area (Å²) >= 11 is 3.34. The minimum atomic E-state index is -0.542. The Morgan fingerprint density at radius 1 is 1.15 bits per heavy atom. The fourth-order valence-electron chi connectivity index (χ4n) is 2.21. The molecule has 0 aliphatic rings. The van der Waals surface area contributed by atoms with E-state index in [1.165, 1.54) is 6.07 Å². The van der Waals surface area contributed by atoms with Gasteiger partial charge in [0, 0.05) is 15.4 Å². The summed E-state index contributed by atoms with van der Waals surface area (Å²) in [5.74, 6) is 5.82. The monoisotopic (exact) mass is 334 g/mol. The van der Waals surface area contributed by atoms with Crippen LogP contribution in [0, 0.1) is 5.82 Å². The fourth-order valence-corrected chi connectivity index (χ4v) is 2.58. The number of hydrogen-bond donors (Lipinski definition) is 2. The standard InChI is InChI=1S/C15H12BrFN2O/c16-10-5-6-12(17)11(8-10)15(19-18)14-7-9-3-1-2-4-13(9)20-14/h1-8,15,19H,18H2. The molecule has 1 atom stereocenters. The second-order valence-electron chi connectivity index (χ2n) is 4.45. The van der Waals surface area contributed by atoms with E-state index in [-0.39, 0.29) is 5.82 Å². The Kier molecular flexibility index (Phi) is 3.56. The van der Waals surface area contributed by atoms with Crippen molar-refractivity contribution in [1.82, 2.24) is 5.43 Å². The fraction of sp³-hybridized carbons (Fsp3) is 0.0667. The van der Waals surface area contributed by atoms with Gasteiger partial charge in [0.25, 0.3) is 0 Å². The van der Waals surface area contributed by atoms with Gasteiger partial charge in [0.2, 0.25) is 0 Å². The van der Waals surface area contributed by atoms with Crippen LogP contribution in [-0.4, -0.2) is 0 Å². The van der Waals surface area contributed by atoms with Crippen molar-refractivity contribution in [2.75, 3.05) is 0 Å². The maximum Gasteiger partial charge on any atom is 0.134 e. The first-order chi connectivity index (χ1) is 9.69. The van der Waals surface area contributed by atoms with Crippen LogP contribution < -0.4 is 11.3 Å². The first kappa shape index (κ1) is 13.3. The van der Waals surface area contributed by atoms with E-state index in [0.717, 1.165) is 15.4 Å². The lowest BCUT2D eigenvalue weighted by atomic mass is 10.0. The molecule has 0 amide bonds. The Hall–Kier alpha value is -1.69. The van der Waals surface area contributed by atoms with E-state index in [2.05, 4.69) is 21.4 Å². The van der Waals surface area contributed by atoms with Crippen LogP contribution in [-0.2, 0) is 0 Å². The molecule has 0 saturated carbocycles. The lowest BCUT2D eigenvalue weighted by Gasteiger charge is -2.14. The van der Waals surface area contributed by atoms with Gasteiger partial charge in [0.15, 0.2) is 0 Å². The Morgan fingerprint density at radius 2 is 1.95 bits per heavy atom. The van der Waals surface area contributed by atoms with E-state index in [0.29, 0.717) is 11.3 Å². The van der Waals surface area contributed by atoms with Gasteiger partial charge in [-0.05, 0) is 30.3 Å². The van der Waals surface area contributed by atoms with E-state index in [1.54, 1.807) is 12.1 Å². The molecule has 3 aromatic rings. The quantitative estimate of drug-likeness (QED) is 0.564. The number of nitrogens with two attached hydrogens (primary N) is 1. The first-order valence-corrected chi connectivity index (χ1v) is 6.88. The summed E-state index contributed by atoms with van der Waals surface area (Å²) in [7, 11) is 0. The maximum atomic E-state index is 14.0. The highest BCUT2D eigenvalue weighted by molar-refractivity contribution is 9.10. The molecule has 3 N–H and O–H groups in total. The summed E-state index contributed by atoms with van der Waals surface area (Å²) in [5.41, 5.74) is 3.79. The molecule has 3 nitrogen and oxygen atoms in total. The molecule has 0 aliphatic heterocycles. The van der Waals surface area contributed by atoms with E-state index in [4.69, 9.17) is 10.3 Å². The molecule has 102 valence electrons. The first-order valence-electron chi connectivity index (χ1n) is 6.08. The van der Waals surface area contributed by atoms with E-state index < -0.39 is 6.04 Å². The molecule has 1 aromatic heterocycles.